The van der Waals surface area contributed by atoms with E-state index in [1.54, 1.807) is 19.4 Å². The van der Waals surface area contributed by atoms with Crippen LogP contribution in [-0.2, 0) is 4.74 Å². The number of nitrogens with zero attached hydrogens (tertiary/aromatic N) is 3. The Bertz CT molecular complexity index is 823. The van der Waals surface area contributed by atoms with Gasteiger partial charge in [-0.05, 0) is 56.6 Å². The molecule has 4 rings (SSSR count). The van der Waals surface area contributed by atoms with E-state index < -0.39 is 0 Å². The molecule has 0 radical (unpaired) electrons. The van der Waals surface area contributed by atoms with Gasteiger partial charge in [0.25, 0.3) is 0 Å². The number of halogens is 1. The van der Waals surface area contributed by atoms with E-state index in [-0.39, 0.29) is 5.82 Å². The topological polar surface area (TPSA) is 84.0 Å². The monoisotopic (exact) mass is 414 g/mol. The van der Waals surface area contributed by atoms with Crippen molar-refractivity contribution in [2.45, 2.75) is 50.6 Å². The molecule has 30 heavy (non-hydrogen) atoms. The fourth-order valence-electron chi connectivity index (χ4n) is 3.93. The Morgan fingerprint density at radius 2 is 1.83 bits per heavy atom. The normalized spacial score (nSPS) is 21.4. The van der Waals surface area contributed by atoms with Gasteiger partial charge in [0.05, 0.1) is 19.0 Å². The molecule has 2 aliphatic rings. The highest BCUT2D eigenvalue weighted by molar-refractivity contribution is 5.68. The number of aromatic nitrogens is 3. The third kappa shape index (κ3) is 5.86. The van der Waals surface area contributed by atoms with Crippen molar-refractivity contribution in [1.82, 2.24) is 20.5 Å². The standard InChI is InChI=1S/C22H31FN6O/c1-30-9-8-24-17-4-6-18(7-5-17)28-21-11-19(20(23)14-26-21)16-10-22(29-27-13-16)25-12-15-2-3-15/h10-11,13-15,17-18,24H,2-9,12H2,1H3,(H,25,29)(H,26,28). The van der Waals surface area contributed by atoms with E-state index in [2.05, 4.69) is 31.1 Å². The van der Waals surface area contributed by atoms with Gasteiger partial charge < -0.3 is 20.7 Å². The Labute approximate surface area is 177 Å². The first-order valence-corrected chi connectivity index (χ1v) is 10.9. The third-order valence-corrected chi connectivity index (χ3v) is 5.91. The summed E-state index contributed by atoms with van der Waals surface area (Å²) in [4.78, 5) is 4.26. The number of hydrogen-bond acceptors (Lipinski definition) is 7. The van der Waals surface area contributed by atoms with Gasteiger partial charge in [-0.15, -0.1) is 5.10 Å². The smallest absolute Gasteiger partial charge is 0.149 e. The summed E-state index contributed by atoms with van der Waals surface area (Å²) in [6, 6.07) is 4.52. The largest absolute Gasteiger partial charge is 0.383 e. The van der Waals surface area contributed by atoms with Crippen molar-refractivity contribution in [3.8, 4) is 11.1 Å². The molecule has 0 aliphatic heterocycles. The number of hydrogen-bond donors (Lipinski definition) is 3. The Balaban J connectivity index is 1.36. The van der Waals surface area contributed by atoms with Crippen LogP contribution in [0.2, 0.25) is 0 Å². The van der Waals surface area contributed by atoms with Gasteiger partial charge in [0.2, 0.25) is 0 Å². The molecule has 0 spiro atoms. The van der Waals surface area contributed by atoms with Crippen molar-refractivity contribution in [3.63, 3.8) is 0 Å². The molecule has 2 heterocycles. The Hall–Kier alpha value is -2.32. The van der Waals surface area contributed by atoms with Gasteiger partial charge in [0.15, 0.2) is 0 Å². The molecule has 2 fully saturated rings. The summed E-state index contributed by atoms with van der Waals surface area (Å²) in [5.41, 5.74) is 1.20. The van der Waals surface area contributed by atoms with Crippen LogP contribution in [0.3, 0.4) is 0 Å². The average molecular weight is 415 g/mol. The molecule has 2 saturated carbocycles. The van der Waals surface area contributed by atoms with Gasteiger partial charge in [-0.2, -0.15) is 5.10 Å². The predicted molar refractivity (Wildman–Crippen MR) is 116 cm³/mol. The van der Waals surface area contributed by atoms with Gasteiger partial charge in [-0.3, -0.25) is 0 Å². The van der Waals surface area contributed by atoms with E-state index in [1.807, 2.05) is 6.07 Å². The van der Waals surface area contributed by atoms with E-state index in [1.165, 1.54) is 19.0 Å². The van der Waals surface area contributed by atoms with Gasteiger partial charge in [0.1, 0.15) is 17.5 Å². The minimum absolute atomic E-state index is 0.350. The first-order valence-electron chi connectivity index (χ1n) is 10.9. The fourth-order valence-corrected chi connectivity index (χ4v) is 3.93. The van der Waals surface area contributed by atoms with Gasteiger partial charge >= 0.3 is 0 Å². The second-order valence-corrected chi connectivity index (χ2v) is 8.34. The van der Waals surface area contributed by atoms with Gasteiger partial charge in [-0.25, -0.2) is 9.37 Å². The van der Waals surface area contributed by atoms with Crippen molar-refractivity contribution in [3.05, 3.63) is 30.3 Å². The lowest BCUT2D eigenvalue weighted by Crippen LogP contribution is -2.38. The van der Waals surface area contributed by atoms with E-state index >= 15 is 0 Å². The highest BCUT2D eigenvalue weighted by atomic mass is 19.1. The number of anilines is 2. The van der Waals surface area contributed by atoms with Crippen molar-refractivity contribution in [2.75, 3.05) is 37.4 Å². The lowest BCUT2D eigenvalue weighted by molar-refractivity contribution is 0.191. The maximum Gasteiger partial charge on any atom is 0.149 e. The maximum atomic E-state index is 14.5. The second kappa shape index (κ2) is 10.1. The van der Waals surface area contributed by atoms with Crippen LogP contribution in [0.25, 0.3) is 11.1 Å². The molecule has 7 nitrogen and oxygen atoms in total. The zero-order chi connectivity index (χ0) is 20.8. The average Bonchev–Trinajstić information content (AvgIpc) is 3.60. The first kappa shape index (κ1) is 20.9. The number of pyridine rings is 1. The molecule has 0 atom stereocenters. The number of methoxy groups -OCH3 is 1. The van der Waals surface area contributed by atoms with Crippen LogP contribution in [0.4, 0.5) is 16.0 Å². The molecule has 2 aliphatic carbocycles. The number of rotatable bonds is 10. The molecule has 162 valence electrons. The second-order valence-electron chi connectivity index (χ2n) is 8.34. The summed E-state index contributed by atoms with van der Waals surface area (Å²) in [7, 11) is 1.72. The molecule has 8 heteroatoms. The molecule has 3 N–H and O–H groups in total. The highest BCUT2D eigenvalue weighted by Gasteiger charge is 2.22. The molecule has 0 unspecified atom stereocenters. The van der Waals surface area contributed by atoms with Crippen molar-refractivity contribution < 1.29 is 9.13 Å². The van der Waals surface area contributed by atoms with Crippen LogP contribution in [0.5, 0.6) is 0 Å². The lowest BCUT2D eigenvalue weighted by Gasteiger charge is -2.30. The Morgan fingerprint density at radius 3 is 2.60 bits per heavy atom. The summed E-state index contributed by atoms with van der Waals surface area (Å²) in [6.07, 6.45) is 9.75. The molecule has 2 aromatic heterocycles. The third-order valence-electron chi connectivity index (χ3n) is 5.91. The van der Waals surface area contributed by atoms with Gasteiger partial charge in [0, 0.05) is 43.4 Å². The number of nitrogens with one attached hydrogen (secondary N) is 3. The van der Waals surface area contributed by atoms with E-state index in [0.717, 1.165) is 51.3 Å². The Morgan fingerprint density at radius 1 is 1.03 bits per heavy atom. The fraction of sp³-hybridized carbons (Fsp3) is 0.591. The van der Waals surface area contributed by atoms with Crippen LogP contribution in [0.15, 0.2) is 24.5 Å². The lowest BCUT2D eigenvalue weighted by atomic mass is 9.91. The molecule has 0 bridgehead atoms. The zero-order valence-corrected chi connectivity index (χ0v) is 17.5. The summed E-state index contributed by atoms with van der Waals surface area (Å²) < 4.78 is 19.6. The summed E-state index contributed by atoms with van der Waals surface area (Å²) in [5, 5.41) is 18.5. The summed E-state index contributed by atoms with van der Waals surface area (Å²) in [5.74, 6) is 1.76. The van der Waals surface area contributed by atoms with Gasteiger partial charge in [-0.1, -0.05) is 0 Å². The van der Waals surface area contributed by atoms with Crippen LogP contribution in [0.1, 0.15) is 38.5 Å². The molecule has 2 aromatic rings. The van der Waals surface area contributed by atoms with Crippen molar-refractivity contribution in [1.29, 1.82) is 0 Å². The molecule has 0 saturated heterocycles. The molecular formula is C22H31FN6O. The molecule has 0 aromatic carbocycles. The minimum atomic E-state index is -0.354. The van der Waals surface area contributed by atoms with Crippen LogP contribution >= 0.6 is 0 Å². The molecule has 0 amide bonds. The summed E-state index contributed by atoms with van der Waals surface area (Å²) >= 11 is 0. The zero-order valence-electron chi connectivity index (χ0n) is 17.5. The molecular weight excluding hydrogens is 383 g/mol. The highest BCUT2D eigenvalue weighted by Crippen LogP contribution is 2.30. The number of ether oxygens (including phenoxy) is 1. The van der Waals surface area contributed by atoms with Crippen molar-refractivity contribution >= 4 is 11.6 Å². The summed E-state index contributed by atoms with van der Waals surface area (Å²) in [6.45, 7) is 2.52. The SMILES string of the molecule is COCCNC1CCC(Nc2cc(-c3cnnc(NCC4CC4)c3)c(F)cn2)CC1. The van der Waals surface area contributed by atoms with E-state index in [4.69, 9.17) is 4.74 Å². The maximum absolute atomic E-state index is 14.5. The van der Waals surface area contributed by atoms with E-state index in [9.17, 15) is 4.39 Å². The minimum Gasteiger partial charge on any atom is -0.383 e. The van der Waals surface area contributed by atoms with Crippen molar-refractivity contribution in [2.24, 2.45) is 5.92 Å². The first-order chi connectivity index (χ1) is 14.7. The quantitative estimate of drug-likeness (QED) is 0.514. The van der Waals surface area contributed by atoms with Crippen LogP contribution < -0.4 is 16.0 Å². The van der Waals surface area contributed by atoms with Crippen LogP contribution in [-0.4, -0.2) is 54.1 Å². The van der Waals surface area contributed by atoms with E-state index in [0.29, 0.717) is 34.8 Å². The Kier molecular flexibility index (Phi) is 7.07. The van der Waals surface area contributed by atoms with Crippen LogP contribution in [0, 0.1) is 11.7 Å². The predicted octanol–water partition coefficient (Wildman–Crippen LogP) is 3.46.